The molecule has 0 radical (unpaired) electrons. The van der Waals surface area contributed by atoms with Crippen LogP contribution < -0.4 is 0 Å². The molecule has 0 amide bonds. The third kappa shape index (κ3) is 32.8. The van der Waals surface area contributed by atoms with Gasteiger partial charge in [0.25, 0.3) is 0 Å². The minimum absolute atomic E-state index is 0.234. The first-order chi connectivity index (χ1) is 32.9. The maximum Gasteiger partial charge on any atom is 0.0420 e. The summed E-state index contributed by atoms with van der Waals surface area (Å²) in [4.78, 5) is 40.9. The first-order valence-corrected chi connectivity index (χ1v) is 25.0. The molecule has 10 aliphatic heterocycles. The Balaban J connectivity index is 0.000000391. The summed E-state index contributed by atoms with van der Waals surface area (Å²) in [5, 5.41) is 0. The van der Waals surface area contributed by atoms with Crippen LogP contribution in [0.3, 0.4) is 0 Å². The van der Waals surface area contributed by atoms with E-state index < -0.39 is 0 Å². The normalized spacial score (nSPS) is 18.7. The zero-order valence-electron chi connectivity index (χ0n) is 46.8. The highest BCUT2D eigenvalue weighted by atomic mass is 14.8. The van der Waals surface area contributed by atoms with Gasteiger partial charge in [0, 0.05) is 193 Å². The van der Waals surface area contributed by atoms with E-state index in [1.54, 1.807) is 0 Å². The maximum absolute atomic E-state index is 4.44. The number of aliphatic imine (C=N–C) groups is 10. The second-order valence-electron chi connectivity index (χ2n) is 20.3. The molecule has 0 bridgehead atoms. The Morgan fingerprint density at radius 1 is 0.343 bits per heavy atom. The summed E-state index contributed by atoms with van der Waals surface area (Å²) in [5.74, 6) is 0. The van der Waals surface area contributed by atoms with Gasteiger partial charge >= 0.3 is 0 Å². The van der Waals surface area contributed by atoms with Crippen molar-refractivity contribution in [2.24, 2.45) is 60.8 Å². The third-order valence-electron chi connectivity index (χ3n) is 10.3. The van der Waals surface area contributed by atoms with Crippen molar-refractivity contribution in [1.29, 1.82) is 0 Å². The van der Waals surface area contributed by atoms with Crippen molar-refractivity contribution in [1.82, 2.24) is 0 Å². The molecular formula is C60H90N10. The maximum atomic E-state index is 4.44. The van der Waals surface area contributed by atoms with Gasteiger partial charge in [0.15, 0.2) is 0 Å². The molecule has 0 saturated carbocycles. The van der Waals surface area contributed by atoms with Gasteiger partial charge in [-0.15, -0.1) is 0 Å². The molecule has 10 heteroatoms. The highest BCUT2D eigenvalue weighted by molar-refractivity contribution is 5.88. The summed E-state index contributed by atoms with van der Waals surface area (Å²) in [7, 11) is 0. The number of hydrogen-bond donors (Lipinski definition) is 0. The molecule has 0 atom stereocenters. The van der Waals surface area contributed by atoms with E-state index in [1.807, 2.05) is 105 Å². The summed E-state index contributed by atoms with van der Waals surface area (Å²) >= 11 is 0. The van der Waals surface area contributed by atoms with Gasteiger partial charge in [0.1, 0.15) is 0 Å². The van der Waals surface area contributed by atoms with Gasteiger partial charge < -0.3 is 0 Å². The molecule has 0 aliphatic carbocycles. The summed E-state index contributed by atoms with van der Waals surface area (Å²) in [6.07, 6.45) is 42.6. The Labute approximate surface area is 425 Å². The van der Waals surface area contributed by atoms with Gasteiger partial charge in [-0.05, 0) is 94.2 Å². The molecular weight excluding hydrogens is 861 g/mol. The number of nitrogens with zero attached hydrogens (tertiary/aromatic N) is 10. The van der Waals surface area contributed by atoms with Gasteiger partial charge in [-0.3, -0.25) is 49.9 Å². The van der Waals surface area contributed by atoms with Gasteiger partial charge in [0.05, 0.1) is 0 Å². The molecule has 10 nitrogen and oxygen atoms in total. The molecule has 10 rings (SSSR count). The Kier molecular flexibility index (Phi) is 30.5. The molecule has 0 fully saturated rings. The van der Waals surface area contributed by atoms with Crippen molar-refractivity contribution in [3.8, 4) is 0 Å². The highest BCUT2D eigenvalue weighted by Gasteiger charge is 2.20. The van der Waals surface area contributed by atoms with Crippen LogP contribution >= 0.6 is 0 Å². The lowest BCUT2D eigenvalue weighted by atomic mass is 9.92. The van der Waals surface area contributed by atoms with Crippen molar-refractivity contribution in [3.05, 3.63) is 119 Å². The molecule has 0 aromatic carbocycles. The first-order valence-electron chi connectivity index (χ1n) is 25.0. The van der Waals surface area contributed by atoms with Gasteiger partial charge in [0.2, 0.25) is 0 Å². The summed E-state index contributed by atoms with van der Waals surface area (Å²) < 4.78 is 0. The van der Waals surface area contributed by atoms with Crippen LogP contribution in [-0.4, -0.2) is 59.1 Å². The second-order valence-corrected chi connectivity index (χ2v) is 20.3. The molecule has 0 aromatic heterocycles. The van der Waals surface area contributed by atoms with Crippen molar-refractivity contribution in [3.63, 3.8) is 0 Å². The fourth-order valence-corrected chi connectivity index (χ4v) is 6.12. The van der Waals surface area contributed by atoms with E-state index in [0.717, 1.165) is 87.0 Å². The predicted molar refractivity (Wildman–Crippen MR) is 315 cm³/mol. The monoisotopic (exact) mass is 951 g/mol. The largest absolute Gasteiger partial charge is 0.269 e. The molecule has 0 unspecified atom stereocenters. The molecule has 0 N–H and O–H groups in total. The third-order valence-corrected chi connectivity index (χ3v) is 10.3. The topological polar surface area (TPSA) is 124 Å². The SMILES string of the molecule is CC1=CCC(C)=N1.CC1=CCC(C)=N1.CC1=CCC=N1.CC1=CCC=N1.CC1=CN=CC1.CC1=CN=CC1.CC1=NC(C(C)(C)C)=CC1.CC1=NC(C(C)(C)C)=CC1.CC1=NC=CC1.CC1=NC=CC1. The van der Waals surface area contributed by atoms with Crippen LogP contribution in [0.25, 0.3) is 0 Å². The number of rotatable bonds is 0. The second kappa shape index (κ2) is 34.4. The van der Waals surface area contributed by atoms with Crippen LogP contribution in [-0.2, 0) is 0 Å². The Morgan fingerprint density at radius 2 is 0.686 bits per heavy atom. The quantitative estimate of drug-likeness (QED) is 0.229. The van der Waals surface area contributed by atoms with E-state index in [-0.39, 0.29) is 10.8 Å². The summed E-state index contributed by atoms with van der Waals surface area (Å²) in [6.45, 7) is 37.7. The Morgan fingerprint density at radius 3 is 0.771 bits per heavy atom. The van der Waals surface area contributed by atoms with Gasteiger partial charge in [-0.1, -0.05) is 90.2 Å². The van der Waals surface area contributed by atoms with Crippen LogP contribution in [0.15, 0.2) is 169 Å². The lowest BCUT2D eigenvalue weighted by molar-refractivity contribution is 0.499. The molecule has 70 heavy (non-hydrogen) atoms. The molecule has 10 heterocycles. The Bertz CT molecular complexity index is 2100. The highest BCUT2D eigenvalue weighted by Crippen LogP contribution is 2.30. The van der Waals surface area contributed by atoms with Crippen LogP contribution in [0.5, 0.6) is 0 Å². The van der Waals surface area contributed by atoms with E-state index in [1.165, 1.54) is 56.8 Å². The van der Waals surface area contributed by atoms with Crippen LogP contribution in [0.1, 0.15) is 189 Å². The smallest absolute Gasteiger partial charge is 0.0420 e. The van der Waals surface area contributed by atoms with Crippen molar-refractivity contribution in [2.75, 3.05) is 0 Å². The van der Waals surface area contributed by atoms with Crippen molar-refractivity contribution in [2.45, 2.75) is 189 Å². The average molecular weight is 951 g/mol. The molecule has 0 saturated heterocycles. The zero-order chi connectivity index (χ0) is 52.5. The van der Waals surface area contributed by atoms with Crippen LogP contribution in [0.2, 0.25) is 0 Å². The molecule has 0 aromatic rings. The fourth-order valence-electron chi connectivity index (χ4n) is 6.12. The van der Waals surface area contributed by atoms with E-state index in [9.17, 15) is 0 Å². The summed E-state index contributed by atoms with van der Waals surface area (Å²) in [5.41, 5.74) is 17.7. The lowest BCUT2D eigenvalue weighted by Gasteiger charge is -2.16. The molecule has 0 spiro atoms. The zero-order valence-corrected chi connectivity index (χ0v) is 46.8. The summed E-state index contributed by atoms with van der Waals surface area (Å²) in [6, 6.07) is 0. The van der Waals surface area contributed by atoms with Crippen molar-refractivity contribution >= 4 is 59.1 Å². The van der Waals surface area contributed by atoms with Crippen LogP contribution in [0, 0.1) is 10.8 Å². The van der Waals surface area contributed by atoms with E-state index in [2.05, 4.69) is 168 Å². The Hall–Kier alpha value is -5.90. The average Bonchev–Trinajstić information content (AvgIpc) is 4.11. The molecule has 10 aliphatic rings. The fraction of sp³-hybridized carbons (Fsp3) is 0.500. The van der Waals surface area contributed by atoms with Crippen LogP contribution in [0.4, 0.5) is 0 Å². The molecule has 380 valence electrons. The van der Waals surface area contributed by atoms with E-state index >= 15 is 0 Å². The lowest BCUT2D eigenvalue weighted by Crippen LogP contribution is -2.05. The number of hydrogen-bond acceptors (Lipinski definition) is 10. The van der Waals surface area contributed by atoms with Gasteiger partial charge in [-0.2, -0.15) is 0 Å². The number of allylic oxidation sites excluding steroid dienone is 16. The van der Waals surface area contributed by atoms with Gasteiger partial charge in [-0.25, -0.2) is 0 Å². The predicted octanol–water partition coefficient (Wildman–Crippen LogP) is 17.3. The van der Waals surface area contributed by atoms with Crippen molar-refractivity contribution < 1.29 is 0 Å². The van der Waals surface area contributed by atoms with E-state index in [4.69, 9.17) is 0 Å². The minimum atomic E-state index is 0.234. The first kappa shape index (κ1) is 62.1. The van der Waals surface area contributed by atoms with E-state index in [0.29, 0.717) is 0 Å². The standard InChI is InChI=1S/2C9H15N.2C6H9N.6C5H7N/c2*1-7-5-6-8(10-7)9(2,3)4;2*1-5-3-4-6(2)7-5;2*1-5-2-3-6-4-5;4*1-5-3-2-4-6-5/h2*6H,5H2,1-4H3;2*3H,4H2,1-2H3;4*3-4H,2H2,1H3;2*2,4H,3H2,1H3. The minimum Gasteiger partial charge on any atom is -0.269 e.